The lowest BCUT2D eigenvalue weighted by Crippen LogP contribution is -2.16. The van der Waals surface area contributed by atoms with Crippen molar-refractivity contribution in [2.24, 2.45) is 0 Å². The van der Waals surface area contributed by atoms with Crippen LogP contribution in [0.4, 0.5) is 5.82 Å². The number of hydrogen-bond acceptors (Lipinski definition) is 5. The molecule has 0 spiro atoms. The Morgan fingerprint density at radius 3 is 2.46 bits per heavy atom. The zero-order chi connectivity index (χ0) is 17.2. The number of hydrogen-bond donors (Lipinski definition) is 2. The van der Waals surface area contributed by atoms with Crippen molar-refractivity contribution in [2.45, 2.75) is 17.9 Å². The Labute approximate surface area is 139 Å². The third-order valence-electron chi connectivity index (χ3n) is 3.42. The van der Waals surface area contributed by atoms with E-state index < -0.39 is 16.1 Å². The van der Waals surface area contributed by atoms with Crippen LogP contribution in [0.1, 0.15) is 18.6 Å². The van der Waals surface area contributed by atoms with Gasteiger partial charge in [-0.05, 0) is 36.8 Å². The Morgan fingerprint density at radius 1 is 1.08 bits per heavy atom. The van der Waals surface area contributed by atoms with Crippen LogP contribution in [0, 0.1) is 0 Å². The molecule has 0 aliphatic heterocycles. The summed E-state index contributed by atoms with van der Waals surface area (Å²) in [5, 5.41) is 13.6. The van der Waals surface area contributed by atoms with Crippen LogP contribution < -0.4 is 4.72 Å². The van der Waals surface area contributed by atoms with Crippen LogP contribution >= 0.6 is 0 Å². The van der Waals surface area contributed by atoms with Crippen LogP contribution in [0.5, 0.6) is 0 Å². The fourth-order valence-electron chi connectivity index (χ4n) is 2.16. The van der Waals surface area contributed by atoms with Crippen molar-refractivity contribution in [3.8, 4) is 5.82 Å². The first kappa shape index (κ1) is 16.2. The highest BCUT2D eigenvalue weighted by Crippen LogP contribution is 2.20. The fourth-order valence-corrected chi connectivity index (χ4v) is 3.21. The lowest BCUT2D eigenvalue weighted by molar-refractivity contribution is 0.199. The molecule has 2 heterocycles. The van der Waals surface area contributed by atoms with E-state index in [0.29, 0.717) is 11.4 Å². The smallest absolute Gasteiger partial charge is 0.263 e. The highest BCUT2D eigenvalue weighted by Gasteiger charge is 2.17. The number of aliphatic hydroxyl groups is 1. The summed E-state index contributed by atoms with van der Waals surface area (Å²) in [6.07, 6.45) is 2.44. The predicted octanol–water partition coefficient (Wildman–Crippen LogP) is 2.12. The van der Waals surface area contributed by atoms with Crippen molar-refractivity contribution in [3.05, 3.63) is 66.5 Å². The molecule has 3 rings (SSSR count). The van der Waals surface area contributed by atoms with E-state index in [1.54, 1.807) is 49.5 Å². The second-order valence-corrected chi connectivity index (χ2v) is 6.85. The predicted molar refractivity (Wildman–Crippen MR) is 89.2 cm³/mol. The molecule has 124 valence electrons. The Kier molecular flexibility index (Phi) is 4.32. The third kappa shape index (κ3) is 3.29. The largest absolute Gasteiger partial charge is 0.389 e. The average molecular weight is 344 g/mol. The van der Waals surface area contributed by atoms with Crippen molar-refractivity contribution >= 4 is 15.8 Å². The van der Waals surface area contributed by atoms with E-state index in [-0.39, 0.29) is 10.7 Å². The van der Waals surface area contributed by atoms with E-state index in [1.165, 1.54) is 23.0 Å². The van der Waals surface area contributed by atoms with E-state index in [9.17, 15) is 13.5 Å². The summed E-state index contributed by atoms with van der Waals surface area (Å²) in [6, 6.07) is 12.9. The molecule has 0 amide bonds. The van der Waals surface area contributed by atoms with Crippen molar-refractivity contribution < 1.29 is 13.5 Å². The van der Waals surface area contributed by atoms with Gasteiger partial charge in [0, 0.05) is 12.3 Å². The zero-order valence-corrected chi connectivity index (χ0v) is 13.7. The van der Waals surface area contributed by atoms with E-state index >= 15 is 0 Å². The van der Waals surface area contributed by atoms with Gasteiger partial charge in [0.15, 0.2) is 5.82 Å². The van der Waals surface area contributed by atoms with E-state index in [1.807, 2.05) is 0 Å². The summed E-state index contributed by atoms with van der Waals surface area (Å²) >= 11 is 0. The zero-order valence-electron chi connectivity index (χ0n) is 12.9. The third-order valence-corrected chi connectivity index (χ3v) is 4.79. The number of pyridine rings is 1. The first-order valence-corrected chi connectivity index (χ1v) is 8.72. The lowest BCUT2D eigenvalue weighted by atomic mass is 10.1. The van der Waals surface area contributed by atoms with Crippen LogP contribution in [0.25, 0.3) is 5.82 Å². The molecule has 0 saturated heterocycles. The van der Waals surface area contributed by atoms with Crippen molar-refractivity contribution in [1.82, 2.24) is 14.8 Å². The van der Waals surface area contributed by atoms with Crippen LogP contribution in [0.3, 0.4) is 0 Å². The molecule has 0 aliphatic rings. The van der Waals surface area contributed by atoms with E-state index in [2.05, 4.69) is 14.8 Å². The minimum absolute atomic E-state index is 0.0978. The molecule has 1 unspecified atom stereocenters. The maximum absolute atomic E-state index is 12.5. The van der Waals surface area contributed by atoms with Gasteiger partial charge in [0.2, 0.25) is 0 Å². The minimum atomic E-state index is -3.78. The van der Waals surface area contributed by atoms with Gasteiger partial charge in [0.25, 0.3) is 10.0 Å². The molecular weight excluding hydrogens is 328 g/mol. The summed E-state index contributed by atoms with van der Waals surface area (Å²) in [7, 11) is -3.78. The Hall–Kier alpha value is -2.71. The summed E-state index contributed by atoms with van der Waals surface area (Å²) < 4.78 is 29.0. The number of rotatable bonds is 5. The normalized spacial score (nSPS) is 12.8. The van der Waals surface area contributed by atoms with Gasteiger partial charge in [0.1, 0.15) is 5.82 Å². The summed E-state index contributed by atoms with van der Waals surface area (Å²) in [4.78, 5) is 4.25. The monoisotopic (exact) mass is 344 g/mol. The minimum Gasteiger partial charge on any atom is -0.389 e. The molecule has 0 fully saturated rings. The molecule has 0 aliphatic carbocycles. The quantitative estimate of drug-likeness (QED) is 0.739. The molecule has 3 aromatic rings. The molecule has 24 heavy (non-hydrogen) atoms. The molecular formula is C16H16N4O3S. The number of aliphatic hydroxyl groups excluding tert-OH is 1. The van der Waals surface area contributed by atoms with Gasteiger partial charge in [-0.15, -0.1) is 0 Å². The maximum Gasteiger partial charge on any atom is 0.263 e. The van der Waals surface area contributed by atoms with Crippen LogP contribution in [0.2, 0.25) is 0 Å². The van der Waals surface area contributed by atoms with Crippen LogP contribution in [-0.4, -0.2) is 28.3 Å². The molecule has 0 radical (unpaired) electrons. The number of benzene rings is 1. The van der Waals surface area contributed by atoms with Gasteiger partial charge >= 0.3 is 0 Å². The Bertz CT molecular complexity index is 919. The van der Waals surface area contributed by atoms with E-state index in [4.69, 9.17) is 0 Å². The Balaban J connectivity index is 1.90. The molecule has 2 aromatic heterocycles. The highest BCUT2D eigenvalue weighted by molar-refractivity contribution is 7.92. The van der Waals surface area contributed by atoms with Gasteiger partial charge < -0.3 is 5.11 Å². The lowest BCUT2D eigenvalue weighted by Gasteiger charge is -2.11. The first-order chi connectivity index (χ1) is 11.5. The van der Waals surface area contributed by atoms with Gasteiger partial charge in [0.05, 0.1) is 17.2 Å². The van der Waals surface area contributed by atoms with Gasteiger partial charge in [-0.3, -0.25) is 4.72 Å². The van der Waals surface area contributed by atoms with Crippen molar-refractivity contribution in [1.29, 1.82) is 0 Å². The molecule has 2 N–H and O–H groups in total. The number of nitrogens with zero attached hydrogens (tertiary/aromatic N) is 3. The standard InChI is InChI=1S/C16H16N4O3S/c1-12(21)13-5-7-14(8-6-13)24(22,23)19-16-9-11-18-20(16)15-4-2-3-10-17-15/h2-12,19,21H,1H3. The Morgan fingerprint density at radius 2 is 1.83 bits per heavy atom. The highest BCUT2D eigenvalue weighted by atomic mass is 32.2. The van der Waals surface area contributed by atoms with Crippen LogP contribution in [0.15, 0.2) is 65.8 Å². The number of sulfonamides is 1. The summed E-state index contributed by atoms with van der Waals surface area (Å²) in [5.41, 5.74) is 0.646. The SMILES string of the molecule is CC(O)c1ccc(S(=O)(=O)Nc2ccnn2-c2ccccn2)cc1. The summed E-state index contributed by atoms with van der Waals surface area (Å²) in [5.74, 6) is 0.790. The number of nitrogens with one attached hydrogen (secondary N) is 1. The molecule has 1 atom stereocenters. The van der Waals surface area contributed by atoms with Gasteiger partial charge in [-0.1, -0.05) is 18.2 Å². The molecule has 0 saturated carbocycles. The summed E-state index contributed by atoms with van der Waals surface area (Å²) in [6.45, 7) is 1.62. The molecule has 8 heteroatoms. The fraction of sp³-hybridized carbons (Fsp3) is 0.125. The average Bonchev–Trinajstić information content (AvgIpc) is 3.03. The van der Waals surface area contributed by atoms with Crippen molar-refractivity contribution in [3.63, 3.8) is 0 Å². The topological polar surface area (TPSA) is 97.1 Å². The molecule has 1 aromatic carbocycles. The number of anilines is 1. The van der Waals surface area contributed by atoms with E-state index in [0.717, 1.165) is 0 Å². The van der Waals surface area contributed by atoms with Crippen LogP contribution in [-0.2, 0) is 10.0 Å². The first-order valence-electron chi connectivity index (χ1n) is 7.24. The molecule has 0 bridgehead atoms. The van der Waals surface area contributed by atoms with Crippen molar-refractivity contribution in [2.75, 3.05) is 4.72 Å². The second kappa shape index (κ2) is 6.42. The molecule has 7 nitrogen and oxygen atoms in total. The maximum atomic E-state index is 12.5. The number of aromatic nitrogens is 3. The van der Waals surface area contributed by atoms with Gasteiger partial charge in [-0.25, -0.2) is 13.4 Å². The van der Waals surface area contributed by atoms with Gasteiger partial charge in [-0.2, -0.15) is 9.78 Å². The second-order valence-electron chi connectivity index (χ2n) is 5.17.